The van der Waals surface area contributed by atoms with Crippen LogP contribution >= 0.6 is 0 Å². The Morgan fingerprint density at radius 3 is 2.67 bits per heavy atom. The van der Waals surface area contributed by atoms with Crippen molar-refractivity contribution in [1.29, 1.82) is 0 Å². The first-order chi connectivity index (χ1) is 10.1. The number of amides is 1. The number of nitrogens with zero attached hydrogens (tertiary/aromatic N) is 1. The fraction of sp³-hybridized carbons (Fsp3) is 0.625. The summed E-state index contributed by atoms with van der Waals surface area (Å²) >= 11 is 0. The van der Waals surface area contributed by atoms with Crippen molar-refractivity contribution in [3.05, 3.63) is 17.8 Å². The van der Waals surface area contributed by atoms with Crippen LogP contribution < -0.4 is 10.1 Å². The van der Waals surface area contributed by atoms with Crippen molar-refractivity contribution in [3.8, 4) is 5.88 Å². The summed E-state index contributed by atoms with van der Waals surface area (Å²) in [6, 6.07) is 3.62. The predicted octanol–water partition coefficient (Wildman–Crippen LogP) is 3.08. The third-order valence-corrected chi connectivity index (χ3v) is 3.98. The average Bonchev–Trinajstić information content (AvgIpc) is 2.97. The van der Waals surface area contributed by atoms with Gasteiger partial charge in [-0.2, -0.15) is 0 Å². The van der Waals surface area contributed by atoms with E-state index in [1.165, 1.54) is 0 Å². The van der Waals surface area contributed by atoms with Crippen LogP contribution in [0.2, 0.25) is 0 Å². The maximum absolute atomic E-state index is 12.5. The van der Waals surface area contributed by atoms with Crippen LogP contribution in [0, 0.1) is 6.92 Å². The molecule has 5 heteroatoms. The maximum atomic E-state index is 12.5. The molecule has 0 aromatic carbocycles. The quantitative estimate of drug-likeness (QED) is 0.875. The molecule has 1 saturated carbocycles. The molecule has 21 heavy (non-hydrogen) atoms. The summed E-state index contributed by atoms with van der Waals surface area (Å²) in [7, 11) is 1.61. The smallest absolute Gasteiger partial charge is 0.256 e. The molecule has 1 aliphatic rings. The normalized spacial score (nSPS) is 16.7. The van der Waals surface area contributed by atoms with E-state index in [-0.39, 0.29) is 5.91 Å². The zero-order valence-corrected chi connectivity index (χ0v) is 13.1. The van der Waals surface area contributed by atoms with Gasteiger partial charge in [0, 0.05) is 13.2 Å². The van der Waals surface area contributed by atoms with Gasteiger partial charge < -0.3 is 14.8 Å². The van der Waals surface area contributed by atoms with Gasteiger partial charge in [0.1, 0.15) is 5.60 Å². The molecule has 0 bridgehead atoms. The second-order valence-corrected chi connectivity index (χ2v) is 5.49. The van der Waals surface area contributed by atoms with Crippen LogP contribution in [0.5, 0.6) is 5.88 Å². The van der Waals surface area contributed by atoms with E-state index in [9.17, 15) is 4.79 Å². The number of nitrogens with one attached hydrogen (secondary N) is 1. The first kappa shape index (κ1) is 15.8. The van der Waals surface area contributed by atoms with Crippen molar-refractivity contribution in [3.63, 3.8) is 0 Å². The molecule has 1 N–H and O–H groups in total. The first-order valence-electron chi connectivity index (χ1n) is 7.58. The van der Waals surface area contributed by atoms with Crippen LogP contribution in [0.1, 0.15) is 44.7 Å². The van der Waals surface area contributed by atoms with Crippen molar-refractivity contribution in [2.24, 2.45) is 0 Å². The van der Waals surface area contributed by atoms with E-state index >= 15 is 0 Å². The van der Waals surface area contributed by atoms with Crippen LogP contribution in [0.25, 0.3) is 0 Å². The number of pyridine rings is 1. The molecular formula is C16H24N2O3. The van der Waals surface area contributed by atoms with E-state index in [0.717, 1.165) is 37.8 Å². The van der Waals surface area contributed by atoms with Crippen LogP contribution in [-0.4, -0.2) is 30.2 Å². The summed E-state index contributed by atoms with van der Waals surface area (Å²) in [5, 5.41) is 2.95. The summed E-state index contributed by atoms with van der Waals surface area (Å²) in [6.45, 7) is 4.56. The minimum Gasteiger partial charge on any atom is -0.478 e. The highest BCUT2D eigenvalue weighted by atomic mass is 16.5. The van der Waals surface area contributed by atoms with Crippen molar-refractivity contribution >= 4 is 11.6 Å². The minimum atomic E-state index is -0.677. The van der Waals surface area contributed by atoms with Crippen LogP contribution in [0.3, 0.4) is 0 Å². The lowest BCUT2D eigenvalue weighted by atomic mass is 10.0. The molecule has 0 spiro atoms. The van der Waals surface area contributed by atoms with E-state index in [1.807, 2.05) is 19.9 Å². The Kier molecular flexibility index (Phi) is 5.17. The lowest BCUT2D eigenvalue weighted by Crippen LogP contribution is -2.42. The predicted molar refractivity (Wildman–Crippen MR) is 81.6 cm³/mol. The van der Waals surface area contributed by atoms with Gasteiger partial charge in [0.05, 0.1) is 18.0 Å². The number of aryl methyl sites for hydroxylation is 1. The number of anilines is 1. The van der Waals surface area contributed by atoms with Crippen LogP contribution in [0.4, 0.5) is 5.69 Å². The Labute approximate surface area is 126 Å². The summed E-state index contributed by atoms with van der Waals surface area (Å²) in [6.07, 6.45) is 4.55. The van der Waals surface area contributed by atoms with Gasteiger partial charge in [-0.05, 0) is 45.1 Å². The highest BCUT2D eigenvalue weighted by Crippen LogP contribution is 2.34. The van der Waals surface area contributed by atoms with E-state index < -0.39 is 5.60 Å². The largest absolute Gasteiger partial charge is 0.478 e. The number of carbonyl (C=O) groups is 1. The van der Waals surface area contributed by atoms with E-state index in [4.69, 9.17) is 9.47 Å². The summed E-state index contributed by atoms with van der Waals surface area (Å²) in [5.74, 6) is 0.518. The molecule has 1 aliphatic carbocycles. The molecule has 0 radical (unpaired) electrons. The number of hydrogen-bond donors (Lipinski definition) is 1. The minimum absolute atomic E-state index is 0.0744. The Morgan fingerprint density at radius 2 is 2.10 bits per heavy atom. The Morgan fingerprint density at radius 1 is 1.38 bits per heavy atom. The van der Waals surface area contributed by atoms with Crippen molar-refractivity contribution in [2.45, 2.75) is 51.6 Å². The van der Waals surface area contributed by atoms with Gasteiger partial charge in [-0.25, -0.2) is 4.98 Å². The Balaban J connectivity index is 2.07. The van der Waals surface area contributed by atoms with Gasteiger partial charge in [0.25, 0.3) is 5.91 Å². The maximum Gasteiger partial charge on any atom is 0.256 e. The number of ether oxygens (including phenoxy) is 2. The SMILES string of the molecule is CCCOc1ccc(NC(=O)C2(OC)CCCC2)c(C)n1. The molecule has 116 valence electrons. The van der Waals surface area contributed by atoms with E-state index in [1.54, 1.807) is 13.2 Å². The molecule has 0 unspecified atom stereocenters. The second-order valence-electron chi connectivity index (χ2n) is 5.49. The zero-order chi connectivity index (χ0) is 15.3. The van der Waals surface area contributed by atoms with Gasteiger partial charge in [-0.3, -0.25) is 4.79 Å². The summed E-state index contributed by atoms with van der Waals surface area (Å²) in [4.78, 5) is 16.8. The fourth-order valence-electron chi connectivity index (χ4n) is 2.66. The van der Waals surface area contributed by atoms with Crippen molar-refractivity contribution < 1.29 is 14.3 Å². The van der Waals surface area contributed by atoms with Gasteiger partial charge in [0.15, 0.2) is 0 Å². The van der Waals surface area contributed by atoms with Gasteiger partial charge >= 0.3 is 0 Å². The van der Waals surface area contributed by atoms with Crippen LogP contribution in [-0.2, 0) is 9.53 Å². The third kappa shape index (κ3) is 3.53. The molecule has 2 rings (SSSR count). The van der Waals surface area contributed by atoms with Gasteiger partial charge in [-0.1, -0.05) is 6.92 Å². The topological polar surface area (TPSA) is 60.5 Å². The molecule has 1 fully saturated rings. The number of aromatic nitrogens is 1. The molecule has 1 aromatic heterocycles. The Bertz CT molecular complexity index is 496. The number of rotatable bonds is 6. The highest BCUT2D eigenvalue weighted by Gasteiger charge is 2.41. The monoisotopic (exact) mass is 292 g/mol. The number of methoxy groups -OCH3 is 1. The molecular weight excluding hydrogens is 268 g/mol. The summed E-state index contributed by atoms with van der Waals surface area (Å²) in [5.41, 5.74) is 0.789. The molecule has 1 amide bonds. The highest BCUT2D eigenvalue weighted by molar-refractivity contribution is 5.97. The third-order valence-electron chi connectivity index (χ3n) is 3.98. The van der Waals surface area contributed by atoms with E-state index in [0.29, 0.717) is 18.2 Å². The second kappa shape index (κ2) is 6.89. The number of carbonyl (C=O) groups excluding carboxylic acids is 1. The average molecular weight is 292 g/mol. The van der Waals surface area contributed by atoms with Gasteiger partial charge in [0.2, 0.25) is 5.88 Å². The molecule has 1 aromatic rings. The summed E-state index contributed by atoms with van der Waals surface area (Å²) < 4.78 is 11.0. The van der Waals surface area contributed by atoms with E-state index in [2.05, 4.69) is 10.3 Å². The van der Waals surface area contributed by atoms with Crippen LogP contribution in [0.15, 0.2) is 12.1 Å². The lowest BCUT2D eigenvalue weighted by Gasteiger charge is -2.26. The first-order valence-corrected chi connectivity index (χ1v) is 7.58. The van der Waals surface area contributed by atoms with Gasteiger partial charge in [-0.15, -0.1) is 0 Å². The lowest BCUT2D eigenvalue weighted by molar-refractivity contribution is -0.137. The fourth-order valence-corrected chi connectivity index (χ4v) is 2.66. The molecule has 0 aliphatic heterocycles. The molecule has 0 saturated heterocycles. The molecule has 0 atom stereocenters. The molecule has 5 nitrogen and oxygen atoms in total. The Hall–Kier alpha value is -1.62. The molecule has 1 heterocycles. The standard InChI is InChI=1S/C16H24N2O3/c1-4-11-21-14-8-7-13(12(2)17-14)18-15(19)16(20-3)9-5-6-10-16/h7-8H,4-6,9-11H2,1-3H3,(H,18,19). The van der Waals surface area contributed by atoms with Crippen molar-refractivity contribution in [2.75, 3.05) is 19.0 Å². The zero-order valence-electron chi connectivity index (χ0n) is 13.1. The number of hydrogen-bond acceptors (Lipinski definition) is 4. The van der Waals surface area contributed by atoms with Crippen molar-refractivity contribution in [1.82, 2.24) is 4.98 Å².